The molecule has 1 fully saturated rings. The van der Waals surface area contributed by atoms with Crippen molar-refractivity contribution in [1.82, 2.24) is 0 Å². The van der Waals surface area contributed by atoms with Crippen molar-refractivity contribution in [2.24, 2.45) is 10.9 Å². The highest BCUT2D eigenvalue weighted by Gasteiger charge is 2.25. The number of hydrogen-bond donors (Lipinski definition) is 3. The fourth-order valence-electron chi connectivity index (χ4n) is 2.14. The Hall–Kier alpha value is -1.86. The van der Waals surface area contributed by atoms with E-state index < -0.39 is 5.82 Å². The highest BCUT2D eigenvalue weighted by Crippen LogP contribution is 2.25. The fraction of sp³-hybridized carbons (Fsp3) is 0.417. The van der Waals surface area contributed by atoms with Crippen LogP contribution in [0.4, 0.5) is 10.1 Å². The minimum atomic E-state index is -0.473. The molecule has 1 heterocycles. The van der Waals surface area contributed by atoms with Crippen LogP contribution in [0.15, 0.2) is 23.4 Å². The van der Waals surface area contributed by atoms with Crippen LogP contribution >= 0.6 is 0 Å². The van der Waals surface area contributed by atoms with Gasteiger partial charge in [-0.1, -0.05) is 5.16 Å². The maximum atomic E-state index is 13.3. The molecule has 0 bridgehead atoms. The minimum absolute atomic E-state index is 0.0903. The Morgan fingerprint density at radius 2 is 2.37 bits per heavy atom. The number of benzene rings is 1. The zero-order chi connectivity index (χ0) is 13.8. The molecule has 1 unspecified atom stereocenters. The molecule has 4 N–H and O–H groups in total. The largest absolute Gasteiger partial charge is 0.409 e. The van der Waals surface area contributed by atoms with E-state index >= 15 is 0 Å². The first kappa shape index (κ1) is 13.6. The molecule has 1 aromatic carbocycles. The van der Waals surface area contributed by atoms with Gasteiger partial charge in [-0.25, -0.2) is 4.39 Å². The van der Waals surface area contributed by atoms with E-state index in [0.717, 1.165) is 0 Å². The summed E-state index contributed by atoms with van der Waals surface area (Å²) >= 11 is 0. The number of halogens is 1. The first-order chi connectivity index (χ1) is 9.17. The lowest BCUT2D eigenvalue weighted by molar-refractivity contribution is 0.0727. The number of rotatable bonds is 3. The summed E-state index contributed by atoms with van der Waals surface area (Å²) in [6.45, 7) is 1.34. The van der Waals surface area contributed by atoms with Crippen LogP contribution in [0, 0.1) is 5.82 Å². The first-order valence-electron chi connectivity index (χ1n) is 5.90. The van der Waals surface area contributed by atoms with Gasteiger partial charge >= 0.3 is 0 Å². The number of ether oxygens (including phenoxy) is 1. The predicted molar refractivity (Wildman–Crippen MR) is 67.9 cm³/mol. The van der Waals surface area contributed by atoms with Crippen LogP contribution in [0.1, 0.15) is 5.56 Å². The van der Waals surface area contributed by atoms with E-state index in [4.69, 9.17) is 15.7 Å². The van der Waals surface area contributed by atoms with Crippen LogP contribution in [-0.2, 0) is 4.74 Å². The lowest BCUT2D eigenvalue weighted by atomic mass is 10.1. The van der Waals surface area contributed by atoms with Crippen LogP contribution in [0.5, 0.6) is 0 Å². The minimum Gasteiger partial charge on any atom is -0.409 e. The molecule has 0 amide bonds. The molecule has 0 spiro atoms. The summed E-state index contributed by atoms with van der Waals surface area (Å²) in [7, 11) is 0. The SMILES string of the molecule is N/C(=N/O)c1cc(F)ccc1N1CCOCC1CO. The summed E-state index contributed by atoms with van der Waals surface area (Å²) < 4.78 is 18.6. The second-order valence-electron chi connectivity index (χ2n) is 4.25. The van der Waals surface area contributed by atoms with E-state index in [9.17, 15) is 9.50 Å². The van der Waals surface area contributed by atoms with Crippen molar-refractivity contribution in [3.63, 3.8) is 0 Å². The van der Waals surface area contributed by atoms with Crippen molar-refractivity contribution in [3.05, 3.63) is 29.6 Å². The third-order valence-electron chi connectivity index (χ3n) is 3.09. The number of aliphatic hydroxyl groups excluding tert-OH is 1. The zero-order valence-electron chi connectivity index (χ0n) is 10.3. The van der Waals surface area contributed by atoms with E-state index in [-0.39, 0.29) is 18.5 Å². The van der Waals surface area contributed by atoms with Crippen LogP contribution in [-0.4, -0.2) is 48.6 Å². The molecule has 1 saturated heterocycles. The average molecular weight is 269 g/mol. The molecule has 0 aromatic heterocycles. The molecule has 19 heavy (non-hydrogen) atoms. The Balaban J connectivity index is 2.42. The summed E-state index contributed by atoms with van der Waals surface area (Å²) in [5.74, 6) is -0.642. The van der Waals surface area contributed by atoms with E-state index in [0.29, 0.717) is 31.0 Å². The predicted octanol–water partition coefficient (Wildman–Crippen LogP) is 0.118. The summed E-state index contributed by atoms with van der Waals surface area (Å²) in [6, 6.07) is 3.82. The highest BCUT2D eigenvalue weighted by molar-refractivity contribution is 6.02. The molecule has 0 radical (unpaired) electrons. The topological polar surface area (TPSA) is 91.3 Å². The lowest BCUT2D eigenvalue weighted by Gasteiger charge is -2.37. The van der Waals surface area contributed by atoms with Crippen LogP contribution in [0.3, 0.4) is 0 Å². The summed E-state index contributed by atoms with van der Waals surface area (Å²) in [4.78, 5) is 1.87. The summed E-state index contributed by atoms with van der Waals surface area (Å²) in [5.41, 5.74) is 6.47. The van der Waals surface area contributed by atoms with Crippen molar-refractivity contribution in [2.75, 3.05) is 31.3 Å². The Labute approximate surface area is 109 Å². The molecular formula is C12H16FN3O3. The molecule has 0 saturated carbocycles. The van der Waals surface area contributed by atoms with Crippen LogP contribution in [0.25, 0.3) is 0 Å². The van der Waals surface area contributed by atoms with E-state index in [2.05, 4.69) is 5.16 Å². The number of anilines is 1. The lowest BCUT2D eigenvalue weighted by Crippen LogP contribution is -2.48. The molecule has 1 atom stereocenters. The van der Waals surface area contributed by atoms with Crippen LogP contribution < -0.4 is 10.6 Å². The number of nitrogens with two attached hydrogens (primary N) is 1. The third-order valence-corrected chi connectivity index (χ3v) is 3.09. The maximum absolute atomic E-state index is 13.3. The average Bonchev–Trinajstić information content (AvgIpc) is 2.46. The molecule has 104 valence electrons. The van der Waals surface area contributed by atoms with Crippen molar-refractivity contribution in [2.45, 2.75) is 6.04 Å². The fourth-order valence-corrected chi connectivity index (χ4v) is 2.14. The van der Waals surface area contributed by atoms with Gasteiger partial charge in [-0.2, -0.15) is 0 Å². The van der Waals surface area contributed by atoms with Gasteiger partial charge in [0.05, 0.1) is 25.9 Å². The second-order valence-corrected chi connectivity index (χ2v) is 4.25. The van der Waals surface area contributed by atoms with Crippen molar-refractivity contribution in [3.8, 4) is 0 Å². The van der Waals surface area contributed by atoms with Crippen LogP contribution in [0.2, 0.25) is 0 Å². The molecule has 2 rings (SSSR count). The number of hydrogen-bond acceptors (Lipinski definition) is 5. The van der Waals surface area contributed by atoms with Gasteiger partial charge in [0, 0.05) is 17.8 Å². The van der Waals surface area contributed by atoms with Crippen molar-refractivity contribution < 1.29 is 19.4 Å². The Bertz CT molecular complexity index is 481. The third kappa shape index (κ3) is 2.77. The van der Waals surface area contributed by atoms with Crippen molar-refractivity contribution >= 4 is 11.5 Å². The Morgan fingerprint density at radius 1 is 1.58 bits per heavy atom. The first-order valence-corrected chi connectivity index (χ1v) is 5.90. The monoisotopic (exact) mass is 269 g/mol. The molecule has 0 aliphatic carbocycles. The smallest absolute Gasteiger partial charge is 0.172 e. The molecule has 6 nitrogen and oxygen atoms in total. The summed E-state index contributed by atoms with van der Waals surface area (Å²) in [6.07, 6.45) is 0. The standard InChI is InChI=1S/C12H16FN3O3/c13-8-1-2-11(10(5-8)12(14)15-18)16-3-4-19-7-9(16)6-17/h1-2,5,9,17-18H,3-4,6-7H2,(H2,14,15). The van der Waals surface area contributed by atoms with Gasteiger partial charge < -0.3 is 25.7 Å². The molecule has 1 aromatic rings. The summed E-state index contributed by atoms with van der Waals surface area (Å²) in [5, 5.41) is 21.0. The maximum Gasteiger partial charge on any atom is 0.172 e. The van der Waals surface area contributed by atoms with Gasteiger partial charge in [-0.15, -0.1) is 0 Å². The van der Waals surface area contributed by atoms with Gasteiger partial charge in [0.15, 0.2) is 5.84 Å². The van der Waals surface area contributed by atoms with Gasteiger partial charge in [0.2, 0.25) is 0 Å². The van der Waals surface area contributed by atoms with E-state index in [1.807, 2.05) is 4.90 Å². The molecule has 7 heteroatoms. The second kappa shape index (κ2) is 5.85. The van der Waals surface area contributed by atoms with Gasteiger partial charge in [0.1, 0.15) is 5.82 Å². The van der Waals surface area contributed by atoms with E-state index in [1.54, 1.807) is 6.07 Å². The van der Waals surface area contributed by atoms with Gasteiger partial charge in [-0.3, -0.25) is 0 Å². The Kier molecular flexibility index (Phi) is 4.18. The quantitative estimate of drug-likeness (QED) is 0.314. The zero-order valence-corrected chi connectivity index (χ0v) is 10.3. The molecule has 1 aliphatic heterocycles. The number of oxime groups is 1. The van der Waals surface area contributed by atoms with Gasteiger partial charge in [0.25, 0.3) is 0 Å². The number of aliphatic hydroxyl groups is 1. The van der Waals surface area contributed by atoms with Gasteiger partial charge in [-0.05, 0) is 18.2 Å². The number of nitrogens with zero attached hydrogens (tertiary/aromatic N) is 2. The number of amidine groups is 1. The normalized spacial score (nSPS) is 20.6. The Morgan fingerprint density at radius 3 is 3.05 bits per heavy atom. The van der Waals surface area contributed by atoms with Crippen molar-refractivity contribution in [1.29, 1.82) is 0 Å². The molecular weight excluding hydrogens is 253 g/mol. The molecule has 1 aliphatic rings. The van der Waals surface area contributed by atoms with E-state index in [1.165, 1.54) is 12.1 Å². The highest BCUT2D eigenvalue weighted by atomic mass is 19.1. The number of morpholine rings is 1.